The molecule has 2 unspecified atom stereocenters. The van der Waals surface area contributed by atoms with Crippen molar-refractivity contribution in [1.29, 1.82) is 0 Å². The zero-order chi connectivity index (χ0) is 12.1. The highest BCUT2D eigenvalue weighted by atomic mass is 19.1. The summed E-state index contributed by atoms with van der Waals surface area (Å²) in [6.45, 7) is 0.825. The summed E-state index contributed by atoms with van der Waals surface area (Å²) in [5.41, 5.74) is 3.62. The fourth-order valence-electron chi connectivity index (χ4n) is 2.28. The third-order valence-electron chi connectivity index (χ3n) is 3.22. The molecular weight excluding hydrogens is 219 g/mol. The number of rotatable bonds is 4. The summed E-state index contributed by atoms with van der Waals surface area (Å²) in [7, 11) is 0. The highest BCUT2D eigenvalue weighted by Crippen LogP contribution is 2.24. The fourth-order valence-corrected chi connectivity index (χ4v) is 2.28. The van der Waals surface area contributed by atoms with Gasteiger partial charge < -0.3 is 4.74 Å². The fraction of sp³-hybridized carbons (Fsp3) is 0.538. The molecule has 2 atom stereocenters. The molecule has 0 bridgehead atoms. The molecule has 0 amide bonds. The molecular formula is C13H19FN2O. The van der Waals surface area contributed by atoms with Crippen molar-refractivity contribution in [3.05, 3.63) is 35.6 Å². The summed E-state index contributed by atoms with van der Waals surface area (Å²) >= 11 is 0. The Balaban J connectivity index is 2.00. The number of halogens is 1. The third kappa shape index (κ3) is 3.49. The van der Waals surface area contributed by atoms with Crippen LogP contribution in [0.5, 0.6) is 0 Å². The Hall–Kier alpha value is -0.970. The number of hydrazine groups is 1. The summed E-state index contributed by atoms with van der Waals surface area (Å²) in [4.78, 5) is 0. The van der Waals surface area contributed by atoms with Crippen molar-refractivity contribution >= 4 is 0 Å². The van der Waals surface area contributed by atoms with Crippen molar-refractivity contribution in [2.45, 2.75) is 37.8 Å². The molecule has 1 aliphatic rings. The molecule has 1 aromatic rings. The number of nitrogens with two attached hydrogens (primary N) is 1. The number of benzene rings is 1. The zero-order valence-corrected chi connectivity index (χ0v) is 9.86. The highest BCUT2D eigenvalue weighted by molar-refractivity contribution is 5.20. The van der Waals surface area contributed by atoms with E-state index in [2.05, 4.69) is 5.43 Å². The lowest BCUT2D eigenvalue weighted by atomic mass is 9.97. The summed E-state index contributed by atoms with van der Waals surface area (Å²) in [5, 5.41) is 0. The first-order valence-corrected chi connectivity index (χ1v) is 6.13. The molecule has 17 heavy (non-hydrogen) atoms. The van der Waals surface area contributed by atoms with Gasteiger partial charge in [-0.1, -0.05) is 12.1 Å². The molecule has 1 fully saturated rings. The first-order chi connectivity index (χ1) is 8.29. The molecule has 0 spiro atoms. The average molecular weight is 238 g/mol. The van der Waals surface area contributed by atoms with Crippen molar-refractivity contribution in [2.75, 3.05) is 6.61 Å². The molecule has 0 radical (unpaired) electrons. The lowest BCUT2D eigenvalue weighted by Crippen LogP contribution is -2.32. The highest BCUT2D eigenvalue weighted by Gasteiger charge is 2.20. The van der Waals surface area contributed by atoms with Gasteiger partial charge in [0.05, 0.1) is 6.10 Å². The van der Waals surface area contributed by atoms with Crippen LogP contribution in [0, 0.1) is 5.82 Å². The molecule has 1 saturated heterocycles. The van der Waals surface area contributed by atoms with Crippen LogP contribution in [0.3, 0.4) is 0 Å². The van der Waals surface area contributed by atoms with E-state index in [0.717, 1.165) is 31.4 Å². The van der Waals surface area contributed by atoms with Crippen LogP contribution in [0.1, 0.15) is 37.3 Å². The molecule has 0 aromatic heterocycles. The molecule has 1 heterocycles. The van der Waals surface area contributed by atoms with E-state index in [1.807, 2.05) is 6.07 Å². The smallest absolute Gasteiger partial charge is 0.123 e. The summed E-state index contributed by atoms with van der Waals surface area (Å²) in [6, 6.07) is 6.50. The Bertz CT molecular complexity index is 353. The second-order valence-electron chi connectivity index (χ2n) is 4.50. The van der Waals surface area contributed by atoms with Gasteiger partial charge in [0.25, 0.3) is 0 Å². The maximum absolute atomic E-state index is 13.1. The predicted molar refractivity (Wildman–Crippen MR) is 64.7 cm³/mol. The van der Waals surface area contributed by atoms with Gasteiger partial charge in [-0.3, -0.25) is 11.3 Å². The molecule has 4 heteroatoms. The van der Waals surface area contributed by atoms with Gasteiger partial charge in [0.15, 0.2) is 0 Å². The topological polar surface area (TPSA) is 47.3 Å². The Labute approximate surface area is 101 Å². The van der Waals surface area contributed by atoms with Crippen LogP contribution < -0.4 is 11.3 Å². The number of nitrogens with one attached hydrogen (secondary N) is 1. The summed E-state index contributed by atoms with van der Waals surface area (Å²) < 4.78 is 18.8. The van der Waals surface area contributed by atoms with Gasteiger partial charge >= 0.3 is 0 Å². The lowest BCUT2D eigenvalue weighted by Gasteiger charge is -2.26. The first kappa shape index (κ1) is 12.5. The van der Waals surface area contributed by atoms with E-state index in [-0.39, 0.29) is 18.0 Å². The van der Waals surface area contributed by atoms with Gasteiger partial charge in [0.2, 0.25) is 0 Å². The second-order valence-corrected chi connectivity index (χ2v) is 4.50. The molecule has 0 saturated carbocycles. The van der Waals surface area contributed by atoms with Crippen LogP contribution in [0.2, 0.25) is 0 Å². The van der Waals surface area contributed by atoms with Crippen molar-refractivity contribution in [2.24, 2.45) is 5.84 Å². The van der Waals surface area contributed by atoms with Crippen LogP contribution in [-0.4, -0.2) is 12.7 Å². The maximum atomic E-state index is 13.1. The lowest BCUT2D eigenvalue weighted by molar-refractivity contribution is 0.00500. The zero-order valence-electron chi connectivity index (χ0n) is 9.86. The average Bonchev–Trinajstić information content (AvgIpc) is 2.37. The van der Waals surface area contributed by atoms with Gasteiger partial charge in [0, 0.05) is 12.6 Å². The van der Waals surface area contributed by atoms with Crippen LogP contribution in [-0.2, 0) is 4.74 Å². The summed E-state index contributed by atoms with van der Waals surface area (Å²) in [6.07, 6.45) is 4.42. The predicted octanol–water partition coefficient (Wildman–Crippen LogP) is 2.29. The van der Waals surface area contributed by atoms with E-state index in [1.165, 1.54) is 18.6 Å². The van der Waals surface area contributed by atoms with Gasteiger partial charge in [-0.15, -0.1) is 0 Å². The number of hydrogen-bond donors (Lipinski definition) is 2. The maximum Gasteiger partial charge on any atom is 0.123 e. The standard InChI is InChI=1S/C13H19FN2O/c14-11-5-3-4-10(8-11)13(16-15)9-12-6-1-2-7-17-12/h3-5,8,12-13,16H,1-2,6-7,9,15H2. The molecule has 3 nitrogen and oxygen atoms in total. The third-order valence-corrected chi connectivity index (χ3v) is 3.22. The van der Waals surface area contributed by atoms with Crippen molar-refractivity contribution in [3.8, 4) is 0 Å². The Kier molecular flexibility index (Phi) is 4.48. The minimum atomic E-state index is -0.229. The molecule has 94 valence electrons. The van der Waals surface area contributed by atoms with E-state index >= 15 is 0 Å². The number of hydrogen-bond acceptors (Lipinski definition) is 3. The SMILES string of the molecule is NNC(CC1CCCCO1)c1cccc(F)c1. The number of ether oxygens (including phenoxy) is 1. The Morgan fingerprint density at radius 1 is 1.47 bits per heavy atom. The minimum absolute atomic E-state index is 0.0474. The Morgan fingerprint density at radius 3 is 3.00 bits per heavy atom. The van der Waals surface area contributed by atoms with Crippen LogP contribution in [0.4, 0.5) is 4.39 Å². The van der Waals surface area contributed by atoms with Crippen LogP contribution in [0.15, 0.2) is 24.3 Å². The quantitative estimate of drug-likeness (QED) is 0.625. The molecule has 1 aliphatic heterocycles. The van der Waals surface area contributed by atoms with Gasteiger partial charge in [0.1, 0.15) is 5.82 Å². The van der Waals surface area contributed by atoms with Crippen LogP contribution in [0.25, 0.3) is 0 Å². The van der Waals surface area contributed by atoms with Gasteiger partial charge in [-0.05, 0) is 43.4 Å². The summed E-state index contributed by atoms with van der Waals surface area (Å²) in [5.74, 6) is 5.31. The minimum Gasteiger partial charge on any atom is -0.378 e. The Morgan fingerprint density at radius 2 is 2.35 bits per heavy atom. The van der Waals surface area contributed by atoms with E-state index in [9.17, 15) is 4.39 Å². The van der Waals surface area contributed by atoms with Gasteiger partial charge in [-0.2, -0.15) is 0 Å². The second kappa shape index (κ2) is 6.10. The van der Waals surface area contributed by atoms with E-state index in [0.29, 0.717) is 0 Å². The largest absolute Gasteiger partial charge is 0.378 e. The first-order valence-electron chi connectivity index (χ1n) is 6.13. The molecule has 3 N–H and O–H groups in total. The van der Waals surface area contributed by atoms with E-state index in [1.54, 1.807) is 6.07 Å². The molecule has 1 aromatic carbocycles. The molecule has 2 rings (SSSR count). The monoisotopic (exact) mass is 238 g/mol. The van der Waals surface area contributed by atoms with E-state index in [4.69, 9.17) is 10.6 Å². The van der Waals surface area contributed by atoms with Gasteiger partial charge in [-0.25, -0.2) is 4.39 Å². The van der Waals surface area contributed by atoms with E-state index < -0.39 is 0 Å². The van der Waals surface area contributed by atoms with Crippen molar-refractivity contribution in [3.63, 3.8) is 0 Å². The normalized spacial score (nSPS) is 22.4. The van der Waals surface area contributed by atoms with Crippen LogP contribution >= 0.6 is 0 Å². The van der Waals surface area contributed by atoms with Crippen molar-refractivity contribution < 1.29 is 9.13 Å². The molecule has 0 aliphatic carbocycles. The van der Waals surface area contributed by atoms with Crippen molar-refractivity contribution in [1.82, 2.24) is 5.43 Å².